The van der Waals surface area contributed by atoms with E-state index in [9.17, 15) is 9.59 Å². The molecule has 3 N–H and O–H groups in total. The number of carboxylic acid groups (broad SMARTS) is 1. The van der Waals surface area contributed by atoms with E-state index in [2.05, 4.69) is 16.6 Å². The zero-order valence-electron chi connectivity index (χ0n) is 10.0. The van der Waals surface area contributed by atoms with Crippen LogP contribution in [0.2, 0.25) is 0 Å². The Morgan fingerprint density at radius 2 is 2.18 bits per heavy atom. The number of aliphatic carboxylic acids is 1. The third-order valence-electron chi connectivity index (χ3n) is 1.99. The molecule has 0 heterocycles. The topological polar surface area (TPSA) is 78.4 Å². The van der Waals surface area contributed by atoms with Crippen LogP contribution in [0.3, 0.4) is 0 Å². The highest BCUT2D eigenvalue weighted by atomic mass is 32.2. The molecule has 0 aromatic rings. The molecule has 2 amide bonds. The van der Waals surface area contributed by atoms with E-state index in [-0.39, 0.29) is 6.42 Å². The van der Waals surface area contributed by atoms with Gasteiger partial charge in [-0.3, -0.25) is 0 Å². The van der Waals surface area contributed by atoms with Gasteiger partial charge in [-0.15, -0.1) is 12.3 Å². The summed E-state index contributed by atoms with van der Waals surface area (Å²) in [7, 11) is 0. The van der Waals surface area contributed by atoms with Crippen LogP contribution in [0.15, 0.2) is 0 Å². The molecule has 0 spiro atoms. The Hall–Kier alpha value is -1.35. The molecular weight excluding hydrogens is 240 g/mol. The number of carboxylic acids is 1. The van der Waals surface area contributed by atoms with E-state index in [1.54, 1.807) is 11.8 Å². The molecule has 0 radical (unpaired) electrons. The lowest BCUT2D eigenvalue weighted by Gasteiger charge is -2.15. The number of hydrogen-bond donors (Lipinski definition) is 3. The lowest BCUT2D eigenvalue weighted by molar-refractivity contribution is -0.139. The van der Waals surface area contributed by atoms with Crippen LogP contribution in [0.5, 0.6) is 0 Å². The summed E-state index contributed by atoms with van der Waals surface area (Å²) in [6.45, 7) is 2.52. The maximum atomic E-state index is 11.4. The molecule has 6 heteroatoms. The monoisotopic (exact) mass is 258 g/mol. The van der Waals surface area contributed by atoms with Crippen molar-refractivity contribution in [1.82, 2.24) is 10.6 Å². The minimum Gasteiger partial charge on any atom is -0.480 e. The molecule has 96 valence electrons. The molecule has 0 aliphatic heterocycles. The van der Waals surface area contributed by atoms with Gasteiger partial charge in [-0.05, 0) is 17.9 Å². The number of carbonyl (C=O) groups excluding carboxylic acids is 1. The van der Waals surface area contributed by atoms with Gasteiger partial charge in [0.25, 0.3) is 0 Å². The molecule has 2 unspecified atom stereocenters. The highest BCUT2D eigenvalue weighted by Gasteiger charge is 2.18. The van der Waals surface area contributed by atoms with Gasteiger partial charge < -0.3 is 15.7 Å². The average molecular weight is 258 g/mol. The molecule has 0 aliphatic carbocycles. The van der Waals surface area contributed by atoms with E-state index in [0.717, 1.165) is 5.75 Å². The summed E-state index contributed by atoms with van der Waals surface area (Å²) in [6.07, 6.45) is 6.98. The molecule has 17 heavy (non-hydrogen) atoms. The Bertz CT molecular complexity index is 302. The third kappa shape index (κ3) is 7.53. The van der Waals surface area contributed by atoms with Crippen molar-refractivity contribution in [3.05, 3.63) is 0 Å². The molecule has 0 saturated carbocycles. The van der Waals surface area contributed by atoms with Gasteiger partial charge in [0.2, 0.25) is 0 Å². The largest absolute Gasteiger partial charge is 0.480 e. The van der Waals surface area contributed by atoms with Crippen molar-refractivity contribution in [2.45, 2.75) is 19.4 Å². The predicted molar refractivity (Wildman–Crippen MR) is 69.0 cm³/mol. The maximum Gasteiger partial charge on any atom is 0.327 e. The van der Waals surface area contributed by atoms with Crippen LogP contribution < -0.4 is 10.6 Å². The number of amides is 2. The summed E-state index contributed by atoms with van der Waals surface area (Å²) < 4.78 is 0. The number of rotatable bonds is 7. The second-order valence-electron chi connectivity index (χ2n) is 3.71. The van der Waals surface area contributed by atoms with Crippen molar-refractivity contribution in [2.75, 3.05) is 18.6 Å². The van der Waals surface area contributed by atoms with E-state index < -0.39 is 18.0 Å². The van der Waals surface area contributed by atoms with Crippen LogP contribution in [0.1, 0.15) is 13.3 Å². The van der Waals surface area contributed by atoms with E-state index in [1.165, 1.54) is 0 Å². The summed E-state index contributed by atoms with van der Waals surface area (Å²) >= 11 is 1.70. The zero-order chi connectivity index (χ0) is 13.3. The molecule has 0 saturated heterocycles. The summed E-state index contributed by atoms with van der Waals surface area (Å²) in [5, 5.41) is 13.7. The zero-order valence-corrected chi connectivity index (χ0v) is 10.8. The summed E-state index contributed by atoms with van der Waals surface area (Å²) in [5.74, 6) is 2.36. The van der Waals surface area contributed by atoms with Gasteiger partial charge in [-0.1, -0.05) is 6.92 Å². The Kier molecular flexibility index (Phi) is 8.07. The molecule has 0 bridgehead atoms. The van der Waals surface area contributed by atoms with Crippen molar-refractivity contribution in [2.24, 2.45) is 5.92 Å². The summed E-state index contributed by atoms with van der Waals surface area (Å²) in [6, 6.07) is -1.53. The van der Waals surface area contributed by atoms with Crippen LogP contribution in [0.4, 0.5) is 4.79 Å². The molecule has 0 aromatic carbocycles. The van der Waals surface area contributed by atoms with E-state index in [1.807, 2.05) is 13.2 Å². The van der Waals surface area contributed by atoms with Gasteiger partial charge in [0.15, 0.2) is 0 Å². The van der Waals surface area contributed by atoms with Crippen LogP contribution in [0, 0.1) is 18.3 Å². The number of hydrogen-bond acceptors (Lipinski definition) is 3. The fraction of sp³-hybridized carbons (Fsp3) is 0.636. The van der Waals surface area contributed by atoms with Crippen LogP contribution in [0.25, 0.3) is 0 Å². The second-order valence-corrected chi connectivity index (χ2v) is 4.62. The fourth-order valence-corrected chi connectivity index (χ4v) is 1.82. The lowest BCUT2D eigenvalue weighted by atomic mass is 10.2. The first-order valence-electron chi connectivity index (χ1n) is 5.20. The molecule has 0 rings (SSSR count). The SMILES string of the molecule is C#CCC(NC(=O)NCC(C)CSC)C(=O)O. The van der Waals surface area contributed by atoms with Crippen molar-refractivity contribution in [3.8, 4) is 12.3 Å². The minimum absolute atomic E-state index is 0.0247. The molecule has 0 aromatic heterocycles. The van der Waals surface area contributed by atoms with Gasteiger partial charge in [0.05, 0.1) is 0 Å². The maximum absolute atomic E-state index is 11.4. The first-order valence-corrected chi connectivity index (χ1v) is 6.60. The Morgan fingerprint density at radius 1 is 1.53 bits per heavy atom. The predicted octanol–water partition coefficient (Wildman–Crippen LogP) is 0.761. The summed E-state index contributed by atoms with van der Waals surface area (Å²) in [4.78, 5) is 22.1. The van der Waals surface area contributed by atoms with Gasteiger partial charge in [-0.25, -0.2) is 9.59 Å². The minimum atomic E-state index is -1.13. The Balaban J connectivity index is 3.99. The van der Waals surface area contributed by atoms with Crippen molar-refractivity contribution in [3.63, 3.8) is 0 Å². The highest BCUT2D eigenvalue weighted by Crippen LogP contribution is 2.02. The van der Waals surface area contributed by atoms with Gasteiger partial charge in [0, 0.05) is 13.0 Å². The number of terminal acetylenes is 1. The first-order chi connectivity index (χ1) is 8.01. The molecule has 5 nitrogen and oxygen atoms in total. The molecular formula is C11H18N2O3S. The smallest absolute Gasteiger partial charge is 0.327 e. The van der Waals surface area contributed by atoms with Crippen molar-refractivity contribution in [1.29, 1.82) is 0 Å². The quantitative estimate of drug-likeness (QED) is 0.589. The van der Waals surface area contributed by atoms with E-state index in [4.69, 9.17) is 11.5 Å². The Labute approximate surface area is 106 Å². The number of thioether (sulfide) groups is 1. The standard InChI is InChI=1S/C11H18N2O3S/c1-4-5-9(10(14)15)13-11(16)12-6-8(2)7-17-3/h1,8-9H,5-7H2,2-3H3,(H,14,15)(H2,12,13,16). The third-order valence-corrected chi connectivity index (χ3v) is 2.89. The van der Waals surface area contributed by atoms with Crippen LogP contribution in [-0.2, 0) is 4.79 Å². The molecule has 0 fully saturated rings. The van der Waals surface area contributed by atoms with E-state index in [0.29, 0.717) is 12.5 Å². The normalized spacial score (nSPS) is 13.2. The van der Waals surface area contributed by atoms with Gasteiger partial charge in [0.1, 0.15) is 6.04 Å². The van der Waals surface area contributed by atoms with Crippen LogP contribution in [-0.4, -0.2) is 41.7 Å². The number of carbonyl (C=O) groups is 2. The van der Waals surface area contributed by atoms with Crippen molar-refractivity contribution < 1.29 is 14.7 Å². The van der Waals surface area contributed by atoms with Gasteiger partial charge in [-0.2, -0.15) is 11.8 Å². The second kappa shape index (κ2) is 8.76. The number of nitrogens with one attached hydrogen (secondary N) is 2. The van der Waals surface area contributed by atoms with Crippen LogP contribution >= 0.6 is 11.8 Å². The Morgan fingerprint density at radius 3 is 2.65 bits per heavy atom. The van der Waals surface area contributed by atoms with Gasteiger partial charge >= 0.3 is 12.0 Å². The average Bonchev–Trinajstić information content (AvgIpc) is 2.26. The number of urea groups is 1. The lowest BCUT2D eigenvalue weighted by Crippen LogP contribution is -2.46. The van der Waals surface area contributed by atoms with E-state index >= 15 is 0 Å². The fourth-order valence-electron chi connectivity index (χ4n) is 1.14. The highest BCUT2D eigenvalue weighted by molar-refractivity contribution is 7.98. The first kappa shape index (κ1) is 15.7. The molecule has 2 atom stereocenters. The van der Waals surface area contributed by atoms with Crippen molar-refractivity contribution >= 4 is 23.8 Å². The summed E-state index contributed by atoms with van der Waals surface area (Å²) in [5.41, 5.74) is 0. The molecule has 0 aliphatic rings.